The zero-order chi connectivity index (χ0) is 37.9. The van der Waals surface area contributed by atoms with Crippen molar-refractivity contribution in [1.29, 1.82) is 0 Å². The highest BCUT2D eigenvalue weighted by Crippen LogP contribution is 2.34. The van der Waals surface area contributed by atoms with Gasteiger partial charge in [0.1, 0.15) is 11.6 Å². The molecular weight excluding hydrogens is 685 g/mol. The van der Waals surface area contributed by atoms with Crippen LogP contribution in [-0.2, 0) is 14.4 Å². The molecular formula is C40H50N10O4. The molecule has 0 saturated carbocycles. The zero-order valence-electron chi connectivity index (χ0n) is 31.6. The number of benzene rings is 2. The lowest BCUT2D eigenvalue weighted by Gasteiger charge is -2.27. The standard InChI is InChI=1S/C40H50N10O4/c1-23(2)33(48-40(52)53-5)22-54-50-17-7-9-35(50)38-44-21-32(47-38)27-14-15-28-29(18-27)42-19-30(45-28)25-10-12-26(13-11-25)31-20-43-37(46-31)34-8-6-16-49(34)39(51)36(41)24(3)4/h10-15,18-21,23-24,33-36H,6-9,16-17,22,41H2,1-5H3,(H,43,46)(H,44,47)(H,48,52)/t33-,34+,35+,36+/m1/s1. The lowest BCUT2D eigenvalue weighted by Crippen LogP contribution is -2.46. The Kier molecular flexibility index (Phi) is 11.0. The van der Waals surface area contributed by atoms with Crippen LogP contribution in [0.1, 0.15) is 77.1 Å². The Morgan fingerprint density at radius 1 is 0.833 bits per heavy atom. The number of aromatic nitrogens is 6. The van der Waals surface area contributed by atoms with Crippen LogP contribution < -0.4 is 11.1 Å². The van der Waals surface area contributed by atoms with Crippen molar-refractivity contribution in [3.63, 3.8) is 0 Å². The van der Waals surface area contributed by atoms with Crippen LogP contribution in [0.15, 0.2) is 61.1 Å². The lowest BCUT2D eigenvalue weighted by molar-refractivity contribution is -0.178. The molecule has 0 bridgehead atoms. The number of ether oxygens (including phenoxy) is 1. The Labute approximate surface area is 315 Å². The second-order valence-electron chi connectivity index (χ2n) is 14.9. The monoisotopic (exact) mass is 734 g/mol. The Balaban J connectivity index is 1.01. The third-order valence-corrected chi connectivity index (χ3v) is 10.6. The fourth-order valence-corrected chi connectivity index (χ4v) is 7.19. The van der Waals surface area contributed by atoms with E-state index in [1.165, 1.54) is 7.11 Å². The average Bonchev–Trinajstić information content (AvgIpc) is 4.02. The maximum absolute atomic E-state index is 13.0. The van der Waals surface area contributed by atoms with Crippen LogP contribution >= 0.6 is 0 Å². The first-order chi connectivity index (χ1) is 26.1. The summed E-state index contributed by atoms with van der Waals surface area (Å²) in [6, 6.07) is 13.4. The van der Waals surface area contributed by atoms with Gasteiger partial charge in [0.25, 0.3) is 0 Å². The number of aromatic amines is 2. The number of hydrogen-bond acceptors (Lipinski definition) is 10. The highest BCUT2D eigenvalue weighted by molar-refractivity contribution is 5.83. The van der Waals surface area contributed by atoms with Crippen LogP contribution in [0.25, 0.3) is 44.8 Å². The molecule has 2 saturated heterocycles. The number of rotatable bonds is 12. The van der Waals surface area contributed by atoms with Gasteiger partial charge < -0.3 is 30.7 Å². The summed E-state index contributed by atoms with van der Waals surface area (Å²) in [4.78, 5) is 59.0. The van der Waals surface area contributed by atoms with Crippen LogP contribution in [0.4, 0.5) is 4.79 Å². The van der Waals surface area contributed by atoms with Gasteiger partial charge in [-0.05, 0) is 55.2 Å². The van der Waals surface area contributed by atoms with Gasteiger partial charge in [0.15, 0.2) is 0 Å². The van der Waals surface area contributed by atoms with Gasteiger partial charge in [0.05, 0.1) is 84.6 Å². The van der Waals surface area contributed by atoms with Crippen LogP contribution in [0.2, 0.25) is 0 Å². The quantitative estimate of drug-likeness (QED) is 0.116. The number of fused-ring (bicyclic) bond motifs is 1. The number of hydroxylamine groups is 2. The van der Waals surface area contributed by atoms with Gasteiger partial charge in [-0.3, -0.25) is 14.6 Å². The predicted molar refractivity (Wildman–Crippen MR) is 205 cm³/mol. The van der Waals surface area contributed by atoms with Crippen molar-refractivity contribution in [3.8, 4) is 33.8 Å². The molecule has 0 radical (unpaired) electrons. The number of carbonyl (C=O) groups excluding carboxylic acids is 2. The van der Waals surface area contributed by atoms with Crippen LogP contribution in [0.3, 0.4) is 0 Å². The number of nitrogens with zero attached hydrogens (tertiary/aromatic N) is 6. The topological polar surface area (TPSA) is 180 Å². The molecule has 0 unspecified atom stereocenters. The number of alkyl carbamates (subject to hydrolysis) is 1. The average molecular weight is 735 g/mol. The number of likely N-dealkylation sites (tertiary alicyclic amines) is 1. The number of amides is 2. The van der Waals surface area contributed by atoms with Gasteiger partial charge in [0, 0.05) is 24.2 Å². The molecule has 0 spiro atoms. The molecule has 2 aliphatic heterocycles. The van der Waals surface area contributed by atoms with Gasteiger partial charge in [-0.2, -0.15) is 5.06 Å². The van der Waals surface area contributed by atoms with E-state index in [1.54, 1.807) is 6.20 Å². The van der Waals surface area contributed by atoms with Crippen molar-refractivity contribution < 1.29 is 19.2 Å². The molecule has 5 heterocycles. The van der Waals surface area contributed by atoms with E-state index in [9.17, 15) is 9.59 Å². The molecule has 2 amide bonds. The first-order valence-electron chi connectivity index (χ1n) is 18.9. The molecule has 2 fully saturated rings. The third kappa shape index (κ3) is 7.86. The molecule has 2 aliphatic rings. The molecule has 14 heteroatoms. The summed E-state index contributed by atoms with van der Waals surface area (Å²) in [6.07, 6.45) is 8.70. The normalized spacial score (nSPS) is 18.9. The number of nitrogens with two attached hydrogens (primary N) is 1. The summed E-state index contributed by atoms with van der Waals surface area (Å²) in [7, 11) is 1.36. The van der Waals surface area contributed by atoms with E-state index in [1.807, 2.05) is 92.5 Å². The Hall–Kier alpha value is -5.18. The first kappa shape index (κ1) is 37.1. The van der Waals surface area contributed by atoms with Crippen molar-refractivity contribution >= 4 is 23.0 Å². The van der Waals surface area contributed by atoms with Gasteiger partial charge >= 0.3 is 6.09 Å². The van der Waals surface area contributed by atoms with E-state index in [-0.39, 0.29) is 35.9 Å². The van der Waals surface area contributed by atoms with Crippen molar-refractivity contribution in [2.45, 2.75) is 77.5 Å². The number of hydrogen-bond donors (Lipinski definition) is 4. The molecule has 2 aromatic carbocycles. The molecule has 284 valence electrons. The van der Waals surface area contributed by atoms with Crippen LogP contribution in [0.5, 0.6) is 0 Å². The van der Waals surface area contributed by atoms with E-state index in [4.69, 9.17) is 30.3 Å². The minimum atomic E-state index is -0.512. The van der Waals surface area contributed by atoms with E-state index < -0.39 is 12.1 Å². The first-order valence-corrected chi connectivity index (χ1v) is 18.9. The van der Waals surface area contributed by atoms with E-state index >= 15 is 0 Å². The maximum Gasteiger partial charge on any atom is 0.407 e. The lowest BCUT2D eigenvalue weighted by atomic mass is 10.0. The number of imidazole rings is 2. The predicted octanol–water partition coefficient (Wildman–Crippen LogP) is 6.17. The van der Waals surface area contributed by atoms with E-state index in [2.05, 4.69) is 20.3 Å². The number of methoxy groups -OCH3 is 1. The fourth-order valence-electron chi connectivity index (χ4n) is 7.19. The molecule has 0 aliphatic carbocycles. The van der Waals surface area contributed by atoms with Crippen molar-refractivity contribution in [2.75, 3.05) is 26.8 Å². The molecule has 5 aromatic rings. The van der Waals surface area contributed by atoms with E-state index in [0.717, 1.165) is 88.7 Å². The summed E-state index contributed by atoms with van der Waals surface area (Å²) in [6.45, 7) is 9.84. The molecule has 54 heavy (non-hydrogen) atoms. The summed E-state index contributed by atoms with van der Waals surface area (Å²) in [5, 5.41) is 4.82. The fraction of sp³-hybridized carbons (Fsp3) is 0.450. The number of H-pyrrole nitrogens is 2. The smallest absolute Gasteiger partial charge is 0.407 e. The summed E-state index contributed by atoms with van der Waals surface area (Å²) in [5.41, 5.74) is 13.3. The number of nitrogens with one attached hydrogen (secondary N) is 3. The highest BCUT2D eigenvalue weighted by atomic mass is 16.7. The highest BCUT2D eigenvalue weighted by Gasteiger charge is 2.35. The Morgan fingerprint density at radius 2 is 1.48 bits per heavy atom. The number of carbonyl (C=O) groups is 2. The second kappa shape index (κ2) is 16.0. The minimum Gasteiger partial charge on any atom is -0.453 e. The van der Waals surface area contributed by atoms with Gasteiger partial charge in [-0.1, -0.05) is 58.0 Å². The molecule has 7 rings (SSSR count). The van der Waals surface area contributed by atoms with Gasteiger partial charge in [-0.15, -0.1) is 0 Å². The SMILES string of the molecule is COC(=O)N[C@H](CON1CCC[C@H]1c1ncc(-c2ccc3nc(-c4ccc(-c5cnc([C@@H]6CCCN6C(=O)[C@@H](N)C(C)C)[nH]5)cc4)cnc3c2)[nH]1)C(C)C. The molecule has 4 atom stereocenters. The Morgan fingerprint density at radius 3 is 2.19 bits per heavy atom. The van der Waals surface area contributed by atoms with Crippen molar-refractivity contribution in [1.82, 2.24) is 45.2 Å². The van der Waals surface area contributed by atoms with Crippen LogP contribution in [-0.4, -0.2) is 90.8 Å². The largest absolute Gasteiger partial charge is 0.453 e. The second-order valence-corrected chi connectivity index (χ2v) is 14.9. The van der Waals surface area contributed by atoms with E-state index in [0.29, 0.717) is 13.2 Å². The Bertz CT molecular complexity index is 2080. The van der Waals surface area contributed by atoms with Crippen molar-refractivity contribution in [2.24, 2.45) is 17.6 Å². The summed E-state index contributed by atoms with van der Waals surface area (Å²) in [5.74, 6) is 1.87. The van der Waals surface area contributed by atoms with Gasteiger partial charge in [0.2, 0.25) is 5.91 Å². The molecule has 3 aromatic heterocycles. The molecule has 14 nitrogen and oxygen atoms in total. The summed E-state index contributed by atoms with van der Waals surface area (Å²) < 4.78 is 4.78. The third-order valence-electron chi connectivity index (χ3n) is 10.6. The summed E-state index contributed by atoms with van der Waals surface area (Å²) >= 11 is 0. The maximum atomic E-state index is 13.0. The zero-order valence-corrected chi connectivity index (χ0v) is 31.6. The minimum absolute atomic E-state index is 0.0140. The van der Waals surface area contributed by atoms with Crippen LogP contribution in [0, 0.1) is 11.8 Å². The van der Waals surface area contributed by atoms with Crippen molar-refractivity contribution in [3.05, 3.63) is 72.7 Å². The molecule has 5 N–H and O–H groups in total. The van der Waals surface area contributed by atoms with Gasteiger partial charge in [-0.25, -0.2) is 19.7 Å².